The molecule has 2 heterocycles. The SMILES string of the molecule is CC1C=CN=C(c2cc(N)ccn2)C1. The molecule has 1 unspecified atom stereocenters. The second-order valence-corrected chi connectivity index (χ2v) is 3.57. The van der Waals surface area contributed by atoms with Crippen molar-refractivity contribution in [1.82, 2.24) is 4.98 Å². The molecule has 2 rings (SSSR count). The molecule has 0 fully saturated rings. The molecular weight excluding hydrogens is 174 g/mol. The number of hydrogen-bond donors (Lipinski definition) is 1. The van der Waals surface area contributed by atoms with Gasteiger partial charge in [-0.25, -0.2) is 0 Å². The van der Waals surface area contributed by atoms with Crippen LogP contribution in [0.2, 0.25) is 0 Å². The van der Waals surface area contributed by atoms with Crippen LogP contribution in [0, 0.1) is 5.92 Å². The monoisotopic (exact) mass is 187 g/mol. The minimum absolute atomic E-state index is 0.533. The fraction of sp³-hybridized carbons (Fsp3) is 0.273. The van der Waals surface area contributed by atoms with E-state index in [1.54, 1.807) is 12.3 Å². The van der Waals surface area contributed by atoms with Crippen LogP contribution in [0.4, 0.5) is 5.69 Å². The van der Waals surface area contributed by atoms with Gasteiger partial charge in [0, 0.05) is 18.1 Å². The molecule has 0 radical (unpaired) electrons. The maximum absolute atomic E-state index is 5.69. The van der Waals surface area contributed by atoms with E-state index < -0.39 is 0 Å². The summed E-state index contributed by atoms with van der Waals surface area (Å²) in [6.07, 6.45) is 6.59. The summed E-state index contributed by atoms with van der Waals surface area (Å²) in [5, 5.41) is 0. The third-order valence-corrected chi connectivity index (χ3v) is 2.24. The molecule has 0 spiro atoms. The van der Waals surface area contributed by atoms with Crippen LogP contribution in [0.25, 0.3) is 0 Å². The molecular formula is C11H13N3. The first-order valence-electron chi connectivity index (χ1n) is 4.71. The molecule has 0 bridgehead atoms. The minimum atomic E-state index is 0.533. The van der Waals surface area contributed by atoms with E-state index in [2.05, 4.69) is 23.0 Å². The van der Waals surface area contributed by atoms with E-state index in [9.17, 15) is 0 Å². The van der Waals surface area contributed by atoms with E-state index in [-0.39, 0.29) is 0 Å². The Bertz CT molecular complexity index is 393. The number of nitrogens with two attached hydrogens (primary N) is 1. The number of nitrogen functional groups attached to an aromatic ring is 1. The molecule has 1 aromatic heterocycles. The van der Waals surface area contributed by atoms with Gasteiger partial charge in [0.1, 0.15) is 0 Å². The Morgan fingerprint density at radius 2 is 2.36 bits per heavy atom. The van der Waals surface area contributed by atoms with Gasteiger partial charge >= 0.3 is 0 Å². The van der Waals surface area contributed by atoms with Crippen LogP contribution in [-0.4, -0.2) is 10.7 Å². The maximum atomic E-state index is 5.69. The van der Waals surface area contributed by atoms with Crippen LogP contribution >= 0.6 is 0 Å². The topological polar surface area (TPSA) is 51.3 Å². The van der Waals surface area contributed by atoms with Crippen LogP contribution in [0.15, 0.2) is 35.6 Å². The van der Waals surface area contributed by atoms with E-state index >= 15 is 0 Å². The molecule has 14 heavy (non-hydrogen) atoms. The predicted octanol–water partition coefficient (Wildman–Crippen LogP) is 2.01. The summed E-state index contributed by atoms with van der Waals surface area (Å²) >= 11 is 0. The van der Waals surface area contributed by atoms with Gasteiger partial charge in [0.15, 0.2) is 0 Å². The van der Waals surface area contributed by atoms with Crippen LogP contribution in [0.1, 0.15) is 19.0 Å². The van der Waals surface area contributed by atoms with Crippen molar-refractivity contribution >= 4 is 11.4 Å². The van der Waals surface area contributed by atoms with E-state index in [1.165, 1.54) is 0 Å². The first kappa shape index (κ1) is 8.94. The Hall–Kier alpha value is -1.64. The summed E-state index contributed by atoms with van der Waals surface area (Å²) in [4.78, 5) is 8.56. The third kappa shape index (κ3) is 1.82. The van der Waals surface area contributed by atoms with Gasteiger partial charge < -0.3 is 5.73 Å². The van der Waals surface area contributed by atoms with E-state index in [4.69, 9.17) is 5.73 Å². The Morgan fingerprint density at radius 3 is 3.07 bits per heavy atom. The highest BCUT2D eigenvalue weighted by molar-refractivity contribution is 6.00. The highest BCUT2D eigenvalue weighted by Gasteiger charge is 2.11. The van der Waals surface area contributed by atoms with Crippen molar-refractivity contribution in [3.8, 4) is 0 Å². The van der Waals surface area contributed by atoms with Gasteiger partial charge in [-0.05, 0) is 24.5 Å². The van der Waals surface area contributed by atoms with E-state index in [0.29, 0.717) is 5.92 Å². The van der Waals surface area contributed by atoms with Crippen molar-refractivity contribution in [3.63, 3.8) is 0 Å². The normalized spacial score (nSPS) is 20.6. The number of anilines is 1. The van der Waals surface area contributed by atoms with Crippen molar-refractivity contribution in [2.45, 2.75) is 13.3 Å². The number of aromatic nitrogens is 1. The Balaban J connectivity index is 2.31. The quantitative estimate of drug-likeness (QED) is 0.731. The highest BCUT2D eigenvalue weighted by Crippen LogP contribution is 2.16. The molecule has 3 nitrogen and oxygen atoms in total. The summed E-state index contributed by atoms with van der Waals surface area (Å²) in [6, 6.07) is 3.65. The van der Waals surface area contributed by atoms with E-state index in [1.807, 2.05) is 12.3 Å². The van der Waals surface area contributed by atoms with Crippen molar-refractivity contribution < 1.29 is 0 Å². The van der Waals surface area contributed by atoms with Crippen molar-refractivity contribution in [2.24, 2.45) is 10.9 Å². The summed E-state index contributed by atoms with van der Waals surface area (Å²) in [6.45, 7) is 2.16. The van der Waals surface area contributed by atoms with Crippen LogP contribution in [0.3, 0.4) is 0 Å². The Labute approximate surface area is 83.4 Å². The van der Waals surface area contributed by atoms with E-state index in [0.717, 1.165) is 23.5 Å². The molecule has 3 heteroatoms. The fourth-order valence-corrected chi connectivity index (χ4v) is 1.48. The Morgan fingerprint density at radius 1 is 1.50 bits per heavy atom. The Kier molecular flexibility index (Phi) is 2.31. The lowest BCUT2D eigenvalue weighted by atomic mass is 10.00. The first-order valence-corrected chi connectivity index (χ1v) is 4.71. The summed E-state index contributed by atoms with van der Waals surface area (Å²) in [5.41, 5.74) is 8.33. The molecule has 72 valence electrons. The van der Waals surface area contributed by atoms with Crippen LogP contribution < -0.4 is 5.73 Å². The average Bonchev–Trinajstić information content (AvgIpc) is 2.18. The second-order valence-electron chi connectivity index (χ2n) is 3.57. The summed E-state index contributed by atoms with van der Waals surface area (Å²) < 4.78 is 0. The molecule has 1 aliphatic rings. The van der Waals surface area contributed by atoms with Gasteiger partial charge in [-0.2, -0.15) is 0 Å². The summed E-state index contributed by atoms with van der Waals surface area (Å²) in [5.74, 6) is 0.533. The largest absolute Gasteiger partial charge is 0.399 e. The number of allylic oxidation sites excluding steroid dienone is 1. The van der Waals surface area contributed by atoms with Crippen LogP contribution in [-0.2, 0) is 0 Å². The van der Waals surface area contributed by atoms with Gasteiger partial charge in [-0.1, -0.05) is 13.0 Å². The van der Waals surface area contributed by atoms with Crippen molar-refractivity contribution in [2.75, 3.05) is 5.73 Å². The molecule has 0 saturated carbocycles. The molecule has 0 aromatic carbocycles. The molecule has 0 saturated heterocycles. The van der Waals surface area contributed by atoms with Gasteiger partial charge in [-0.3, -0.25) is 9.98 Å². The lowest BCUT2D eigenvalue weighted by Gasteiger charge is -2.12. The highest BCUT2D eigenvalue weighted by atomic mass is 14.8. The number of pyridine rings is 1. The maximum Gasteiger partial charge on any atom is 0.0865 e. The summed E-state index contributed by atoms with van der Waals surface area (Å²) in [7, 11) is 0. The van der Waals surface area contributed by atoms with Gasteiger partial charge in [0.05, 0.1) is 11.4 Å². The standard InChI is InChI=1S/C11H13N3/c1-8-2-4-13-10(6-8)11-7-9(12)3-5-14-11/h2-5,7-8H,6H2,1H3,(H2,12,14). The van der Waals surface area contributed by atoms with Crippen molar-refractivity contribution in [3.05, 3.63) is 36.3 Å². The molecule has 1 aliphatic heterocycles. The number of aliphatic imine (C=N–C) groups is 1. The van der Waals surface area contributed by atoms with Crippen LogP contribution in [0.5, 0.6) is 0 Å². The minimum Gasteiger partial charge on any atom is -0.399 e. The number of nitrogens with zero attached hydrogens (tertiary/aromatic N) is 2. The smallest absolute Gasteiger partial charge is 0.0865 e. The third-order valence-electron chi connectivity index (χ3n) is 2.24. The lowest BCUT2D eigenvalue weighted by Crippen LogP contribution is -2.10. The molecule has 0 aliphatic carbocycles. The molecule has 2 N–H and O–H groups in total. The molecule has 0 amide bonds. The van der Waals surface area contributed by atoms with Gasteiger partial charge in [0.2, 0.25) is 0 Å². The number of hydrogen-bond acceptors (Lipinski definition) is 3. The average molecular weight is 187 g/mol. The van der Waals surface area contributed by atoms with Crippen molar-refractivity contribution in [1.29, 1.82) is 0 Å². The van der Waals surface area contributed by atoms with Gasteiger partial charge in [-0.15, -0.1) is 0 Å². The zero-order valence-electron chi connectivity index (χ0n) is 8.14. The zero-order chi connectivity index (χ0) is 9.97. The lowest BCUT2D eigenvalue weighted by molar-refractivity contribution is 0.754. The molecule has 1 aromatic rings. The number of rotatable bonds is 1. The second kappa shape index (κ2) is 3.62. The van der Waals surface area contributed by atoms with Gasteiger partial charge in [0.25, 0.3) is 0 Å². The predicted molar refractivity (Wildman–Crippen MR) is 58.1 cm³/mol. The first-order chi connectivity index (χ1) is 6.75. The molecule has 1 atom stereocenters. The zero-order valence-corrected chi connectivity index (χ0v) is 8.14. The fourth-order valence-electron chi connectivity index (χ4n) is 1.48.